The van der Waals surface area contributed by atoms with Crippen LogP contribution >= 0.6 is 0 Å². The molecule has 0 saturated heterocycles. The number of Topliss-reactive ketones (excluding diaryl/α,β-unsaturated/α-hetero) is 1. The van der Waals surface area contributed by atoms with Crippen LogP contribution in [0.15, 0.2) is 0 Å². The summed E-state index contributed by atoms with van der Waals surface area (Å²) in [7, 11) is 4.68. The topological polar surface area (TPSA) is 17.1 Å². The van der Waals surface area contributed by atoms with Gasteiger partial charge in [-0.15, -0.1) is 0 Å². The number of nitrogens with zero attached hydrogens (tertiary/aromatic N) is 1. The van der Waals surface area contributed by atoms with Gasteiger partial charge in [0, 0.05) is 5.92 Å². The summed E-state index contributed by atoms with van der Waals surface area (Å²) in [6.07, 6.45) is 18.9. The van der Waals surface area contributed by atoms with Crippen LogP contribution in [0, 0.1) is 29.6 Å². The Hall–Kier alpha value is -0.370. The van der Waals surface area contributed by atoms with Gasteiger partial charge in [0.05, 0.1) is 33.6 Å². The molecular formula is C25H46NO+. The molecule has 0 spiro atoms. The highest BCUT2D eigenvalue weighted by Gasteiger charge is 2.50. The highest BCUT2D eigenvalue weighted by molar-refractivity contribution is 5.82. The minimum absolute atomic E-state index is 0.445. The van der Waals surface area contributed by atoms with E-state index in [2.05, 4.69) is 21.0 Å². The number of carbonyl (C=O) groups excluding carboxylic acids is 1. The van der Waals surface area contributed by atoms with Gasteiger partial charge in [-0.3, -0.25) is 4.79 Å². The molecule has 0 aromatic heterocycles. The van der Waals surface area contributed by atoms with Gasteiger partial charge in [0.25, 0.3) is 0 Å². The summed E-state index contributed by atoms with van der Waals surface area (Å²) in [5.74, 6) is 4.55. The number of quaternary nitrogens is 1. The van der Waals surface area contributed by atoms with E-state index in [-0.39, 0.29) is 0 Å². The van der Waals surface area contributed by atoms with Gasteiger partial charge in [-0.1, -0.05) is 45.4 Å². The Morgan fingerprint density at radius 3 is 1.81 bits per heavy atom. The lowest BCUT2D eigenvalue weighted by Gasteiger charge is -2.54. The molecular weight excluding hydrogens is 330 g/mol. The summed E-state index contributed by atoms with van der Waals surface area (Å²) in [5.41, 5.74) is 0. The summed E-state index contributed by atoms with van der Waals surface area (Å²) in [6, 6.07) is 0. The maximum absolute atomic E-state index is 13.1. The van der Waals surface area contributed by atoms with Crippen LogP contribution in [-0.4, -0.2) is 37.5 Å². The van der Waals surface area contributed by atoms with E-state index in [1.807, 2.05) is 0 Å². The van der Waals surface area contributed by atoms with Gasteiger partial charge in [0.2, 0.25) is 0 Å². The van der Waals surface area contributed by atoms with Crippen LogP contribution in [0.2, 0.25) is 0 Å². The van der Waals surface area contributed by atoms with Gasteiger partial charge in [-0.05, 0) is 68.6 Å². The first-order valence-electron chi connectivity index (χ1n) is 12.3. The van der Waals surface area contributed by atoms with Crippen molar-refractivity contribution in [1.82, 2.24) is 0 Å². The summed E-state index contributed by atoms with van der Waals surface area (Å²) >= 11 is 0. The Kier molecular flexibility index (Phi) is 7.83. The smallest absolute Gasteiger partial charge is 0.142 e. The lowest BCUT2D eigenvalue weighted by Crippen LogP contribution is -2.49. The molecule has 4 aliphatic rings. The van der Waals surface area contributed by atoms with Gasteiger partial charge in [-0.25, -0.2) is 0 Å². The summed E-state index contributed by atoms with van der Waals surface area (Å²) < 4.78 is 1.04. The third kappa shape index (κ3) is 6.05. The fourth-order valence-electron chi connectivity index (χ4n) is 6.82. The van der Waals surface area contributed by atoms with Crippen LogP contribution < -0.4 is 0 Å². The zero-order valence-corrected chi connectivity index (χ0v) is 18.6. The van der Waals surface area contributed by atoms with Crippen LogP contribution in [0.5, 0.6) is 0 Å². The molecule has 0 radical (unpaired) electrons. The molecule has 0 N–H and O–H groups in total. The lowest BCUT2D eigenvalue weighted by molar-refractivity contribution is -0.890. The van der Waals surface area contributed by atoms with Gasteiger partial charge in [-0.2, -0.15) is 0 Å². The number of hydrogen-bond donors (Lipinski definition) is 0. The average Bonchev–Trinajstić information content (AvgIpc) is 2.61. The summed E-state index contributed by atoms with van der Waals surface area (Å²) in [4.78, 5) is 13.1. The minimum atomic E-state index is 0.445. The molecule has 4 saturated carbocycles. The molecule has 0 aliphatic heterocycles. The molecule has 0 heterocycles. The average molecular weight is 377 g/mol. The highest BCUT2D eigenvalue weighted by Crippen LogP contribution is 2.56. The van der Waals surface area contributed by atoms with Crippen LogP contribution in [0.4, 0.5) is 0 Å². The molecule has 2 heteroatoms. The van der Waals surface area contributed by atoms with Crippen molar-refractivity contribution in [2.75, 3.05) is 27.2 Å². The first-order valence-corrected chi connectivity index (χ1v) is 12.3. The van der Waals surface area contributed by atoms with Crippen molar-refractivity contribution in [2.24, 2.45) is 29.6 Å². The van der Waals surface area contributed by atoms with Crippen LogP contribution in [0.3, 0.4) is 0 Å². The maximum Gasteiger partial charge on any atom is 0.142 e. The van der Waals surface area contributed by atoms with Gasteiger partial charge in [0.15, 0.2) is 0 Å². The van der Waals surface area contributed by atoms with E-state index in [9.17, 15) is 4.79 Å². The van der Waals surface area contributed by atoms with Crippen molar-refractivity contribution >= 4 is 5.78 Å². The van der Waals surface area contributed by atoms with Crippen LogP contribution in [0.25, 0.3) is 0 Å². The SMILES string of the molecule is CCCCCCCCCC[N+](C)(C)CCC(=O)C1C2CC3CC(C2)CC1C3. The Labute approximate surface area is 169 Å². The molecule has 0 aromatic rings. The standard InChI is InChI=1S/C25H46NO/c1-4-5-6-7-8-9-10-11-13-26(2,3)14-12-24(27)25-22-16-20-15-21(18-22)19-23(25)17-20/h20-23,25H,4-19H2,1-3H3/q+1. The van der Waals surface area contributed by atoms with Gasteiger partial charge < -0.3 is 4.48 Å². The maximum atomic E-state index is 13.1. The molecule has 2 nitrogen and oxygen atoms in total. The second-order valence-electron chi connectivity index (χ2n) is 11.0. The minimum Gasteiger partial charge on any atom is -0.328 e. The zero-order chi connectivity index (χ0) is 19.3. The van der Waals surface area contributed by atoms with Crippen molar-refractivity contribution in [3.05, 3.63) is 0 Å². The zero-order valence-electron chi connectivity index (χ0n) is 18.6. The van der Waals surface area contributed by atoms with E-state index in [1.165, 1.54) is 90.0 Å². The van der Waals surface area contributed by atoms with Crippen molar-refractivity contribution in [3.8, 4) is 0 Å². The normalized spacial score (nSPS) is 32.2. The van der Waals surface area contributed by atoms with Crippen LogP contribution in [0.1, 0.15) is 96.8 Å². The fraction of sp³-hybridized carbons (Fsp3) is 0.960. The molecule has 156 valence electrons. The molecule has 4 bridgehead atoms. The lowest BCUT2D eigenvalue weighted by atomic mass is 9.51. The van der Waals surface area contributed by atoms with Crippen molar-refractivity contribution in [1.29, 1.82) is 0 Å². The van der Waals surface area contributed by atoms with Gasteiger partial charge in [0.1, 0.15) is 5.78 Å². The molecule has 0 amide bonds. The van der Waals surface area contributed by atoms with E-state index in [0.29, 0.717) is 11.7 Å². The predicted octanol–water partition coefficient (Wildman–Crippen LogP) is 6.24. The second kappa shape index (κ2) is 9.90. The number of hydrogen-bond acceptors (Lipinski definition) is 1. The molecule has 27 heavy (non-hydrogen) atoms. The second-order valence-corrected chi connectivity index (χ2v) is 11.0. The van der Waals surface area contributed by atoms with Crippen LogP contribution in [-0.2, 0) is 4.79 Å². The van der Waals surface area contributed by atoms with E-state index >= 15 is 0 Å². The molecule has 0 aromatic carbocycles. The number of unbranched alkanes of at least 4 members (excludes halogenated alkanes) is 7. The van der Waals surface area contributed by atoms with E-state index in [4.69, 9.17) is 0 Å². The molecule has 4 fully saturated rings. The Morgan fingerprint density at radius 2 is 1.26 bits per heavy atom. The van der Waals surface area contributed by atoms with E-state index in [1.54, 1.807) is 0 Å². The molecule has 4 aliphatic carbocycles. The largest absolute Gasteiger partial charge is 0.328 e. The number of rotatable bonds is 13. The third-order valence-electron chi connectivity index (χ3n) is 8.18. The first-order chi connectivity index (χ1) is 13.0. The quantitative estimate of drug-likeness (QED) is 0.275. The van der Waals surface area contributed by atoms with Crippen molar-refractivity contribution in [2.45, 2.75) is 96.8 Å². The number of ketones is 1. The highest BCUT2D eigenvalue weighted by atomic mass is 16.1. The Morgan fingerprint density at radius 1 is 0.741 bits per heavy atom. The first kappa shape index (κ1) is 21.3. The van der Waals surface area contributed by atoms with Crippen molar-refractivity contribution < 1.29 is 9.28 Å². The molecule has 0 unspecified atom stereocenters. The number of carbonyl (C=O) groups is 1. The Balaban J connectivity index is 1.31. The van der Waals surface area contributed by atoms with E-state index < -0.39 is 0 Å². The summed E-state index contributed by atoms with van der Waals surface area (Å²) in [5, 5.41) is 0. The predicted molar refractivity (Wildman–Crippen MR) is 115 cm³/mol. The monoisotopic (exact) mass is 376 g/mol. The molecule has 4 rings (SSSR count). The summed E-state index contributed by atoms with van der Waals surface area (Å²) in [6.45, 7) is 4.58. The fourth-order valence-corrected chi connectivity index (χ4v) is 6.82. The van der Waals surface area contributed by atoms with Gasteiger partial charge >= 0.3 is 0 Å². The molecule has 0 atom stereocenters. The third-order valence-corrected chi connectivity index (χ3v) is 8.18. The van der Waals surface area contributed by atoms with E-state index in [0.717, 1.165) is 41.1 Å². The Bertz CT molecular complexity index is 441. The van der Waals surface area contributed by atoms with Crippen molar-refractivity contribution in [3.63, 3.8) is 0 Å².